The highest BCUT2D eigenvalue weighted by Gasteiger charge is 2.20. The summed E-state index contributed by atoms with van der Waals surface area (Å²) in [7, 11) is 0. The predicted molar refractivity (Wildman–Crippen MR) is 86.2 cm³/mol. The van der Waals surface area contributed by atoms with Gasteiger partial charge in [-0.25, -0.2) is 4.39 Å². The Kier molecular flexibility index (Phi) is 5.16. The molecule has 114 valence electrons. The average molecular weight is 289 g/mol. The molecule has 1 aliphatic rings. The lowest BCUT2D eigenvalue weighted by atomic mass is 9.93. The molecule has 0 unspecified atom stereocenters. The molecule has 21 heavy (non-hydrogen) atoms. The second-order valence-corrected chi connectivity index (χ2v) is 5.93. The Balaban J connectivity index is 2.43. The zero-order valence-corrected chi connectivity index (χ0v) is 13.2. The van der Waals surface area contributed by atoms with Gasteiger partial charge in [-0.2, -0.15) is 0 Å². The van der Waals surface area contributed by atoms with Crippen LogP contribution in [-0.2, 0) is 11.2 Å². The predicted octanol–water partition coefficient (Wildman–Crippen LogP) is 4.53. The SMILES string of the molecule is CCC/C(=C(\F)C=O)c1ccc2c(c1)CCCN2C(C)C. The number of carbonyl (C=O) groups excluding carboxylic acids is 1. The van der Waals surface area contributed by atoms with Crippen molar-refractivity contribution in [2.45, 2.75) is 52.5 Å². The quantitative estimate of drug-likeness (QED) is 0.586. The third-order valence-corrected chi connectivity index (χ3v) is 4.10. The van der Waals surface area contributed by atoms with Gasteiger partial charge in [-0.15, -0.1) is 0 Å². The van der Waals surface area contributed by atoms with Crippen molar-refractivity contribution in [3.05, 3.63) is 35.2 Å². The van der Waals surface area contributed by atoms with E-state index in [4.69, 9.17) is 0 Å². The van der Waals surface area contributed by atoms with Gasteiger partial charge in [0.15, 0.2) is 12.1 Å². The molecule has 0 radical (unpaired) electrons. The maximum Gasteiger partial charge on any atom is 0.178 e. The Bertz CT molecular complexity index is 548. The van der Waals surface area contributed by atoms with Crippen molar-refractivity contribution in [1.82, 2.24) is 0 Å². The van der Waals surface area contributed by atoms with Gasteiger partial charge in [0, 0.05) is 18.3 Å². The Morgan fingerprint density at radius 2 is 2.19 bits per heavy atom. The molecule has 3 heteroatoms. The number of hydrogen-bond donors (Lipinski definition) is 0. The van der Waals surface area contributed by atoms with E-state index in [9.17, 15) is 9.18 Å². The van der Waals surface area contributed by atoms with Gasteiger partial charge in [-0.1, -0.05) is 19.4 Å². The minimum Gasteiger partial charge on any atom is -0.369 e. The summed E-state index contributed by atoms with van der Waals surface area (Å²) in [5.41, 5.74) is 3.91. The minimum atomic E-state index is -0.631. The Labute approximate surface area is 126 Å². The van der Waals surface area contributed by atoms with Crippen LogP contribution in [0, 0.1) is 0 Å². The van der Waals surface area contributed by atoms with E-state index < -0.39 is 5.83 Å². The summed E-state index contributed by atoms with van der Waals surface area (Å²) in [6.07, 6.45) is 3.89. The van der Waals surface area contributed by atoms with Gasteiger partial charge >= 0.3 is 0 Å². The molecule has 0 atom stereocenters. The summed E-state index contributed by atoms with van der Waals surface area (Å²) in [5, 5.41) is 0. The van der Waals surface area contributed by atoms with Crippen molar-refractivity contribution < 1.29 is 9.18 Å². The number of anilines is 1. The molecular weight excluding hydrogens is 265 g/mol. The summed E-state index contributed by atoms with van der Waals surface area (Å²) in [5.74, 6) is -0.631. The number of carbonyl (C=O) groups is 1. The third kappa shape index (κ3) is 3.34. The highest BCUT2D eigenvalue weighted by Crippen LogP contribution is 2.33. The van der Waals surface area contributed by atoms with Crippen LogP contribution in [0.1, 0.15) is 51.2 Å². The lowest BCUT2D eigenvalue weighted by molar-refractivity contribution is -0.106. The van der Waals surface area contributed by atoms with Crippen LogP contribution in [0.3, 0.4) is 0 Å². The molecule has 2 rings (SSSR count). The molecule has 0 fully saturated rings. The largest absolute Gasteiger partial charge is 0.369 e. The molecule has 0 aliphatic carbocycles. The number of hydrogen-bond acceptors (Lipinski definition) is 2. The first-order chi connectivity index (χ1) is 10.1. The van der Waals surface area contributed by atoms with Gasteiger partial charge in [-0.05, 0) is 61.9 Å². The van der Waals surface area contributed by atoms with Crippen LogP contribution in [0.5, 0.6) is 0 Å². The van der Waals surface area contributed by atoms with Crippen molar-refractivity contribution in [1.29, 1.82) is 0 Å². The number of allylic oxidation sites excluding steroid dienone is 2. The second-order valence-electron chi connectivity index (χ2n) is 5.93. The molecule has 0 bridgehead atoms. The first-order valence-electron chi connectivity index (χ1n) is 7.82. The number of nitrogens with zero attached hydrogens (tertiary/aromatic N) is 1. The molecule has 0 saturated carbocycles. The molecule has 1 aliphatic heterocycles. The summed E-state index contributed by atoms with van der Waals surface area (Å²) in [6.45, 7) is 7.45. The van der Waals surface area contributed by atoms with Crippen LogP contribution < -0.4 is 4.90 Å². The van der Waals surface area contributed by atoms with Crippen molar-refractivity contribution in [2.24, 2.45) is 0 Å². The van der Waals surface area contributed by atoms with E-state index >= 15 is 0 Å². The van der Waals surface area contributed by atoms with Gasteiger partial charge < -0.3 is 4.90 Å². The van der Waals surface area contributed by atoms with Crippen molar-refractivity contribution in [3.8, 4) is 0 Å². The minimum absolute atomic E-state index is 0.324. The third-order valence-electron chi connectivity index (χ3n) is 4.10. The molecule has 0 aromatic heterocycles. The Morgan fingerprint density at radius 1 is 1.43 bits per heavy atom. The molecule has 1 aromatic rings. The summed E-state index contributed by atoms with van der Waals surface area (Å²) >= 11 is 0. The molecule has 0 N–H and O–H groups in total. The van der Waals surface area contributed by atoms with E-state index in [1.165, 1.54) is 11.3 Å². The number of halogens is 1. The summed E-state index contributed by atoms with van der Waals surface area (Å²) in [4.78, 5) is 13.2. The summed E-state index contributed by atoms with van der Waals surface area (Å²) < 4.78 is 13.8. The van der Waals surface area contributed by atoms with Gasteiger partial charge in [0.1, 0.15) is 0 Å². The van der Waals surface area contributed by atoms with Crippen LogP contribution in [0.4, 0.5) is 10.1 Å². The molecule has 0 spiro atoms. The van der Waals surface area contributed by atoms with E-state index in [2.05, 4.69) is 30.9 Å². The van der Waals surface area contributed by atoms with Gasteiger partial charge in [0.25, 0.3) is 0 Å². The maximum absolute atomic E-state index is 13.8. The van der Waals surface area contributed by atoms with Crippen LogP contribution in [0.2, 0.25) is 0 Å². The van der Waals surface area contributed by atoms with Crippen LogP contribution in [-0.4, -0.2) is 18.9 Å². The average Bonchev–Trinajstić information content (AvgIpc) is 2.50. The van der Waals surface area contributed by atoms with Crippen LogP contribution >= 0.6 is 0 Å². The lowest BCUT2D eigenvalue weighted by Crippen LogP contribution is -2.35. The van der Waals surface area contributed by atoms with E-state index in [1.807, 2.05) is 13.0 Å². The summed E-state index contributed by atoms with van der Waals surface area (Å²) in [6, 6.07) is 6.57. The fraction of sp³-hybridized carbons (Fsp3) is 0.500. The van der Waals surface area contributed by atoms with Crippen LogP contribution in [0.25, 0.3) is 5.57 Å². The zero-order valence-electron chi connectivity index (χ0n) is 13.2. The lowest BCUT2D eigenvalue weighted by Gasteiger charge is -2.35. The normalized spacial score (nSPS) is 15.8. The van der Waals surface area contributed by atoms with E-state index in [-0.39, 0.29) is 0 Å². The first-order valence-corrected chi connectivity index (χ1v) is 7.82. The molecule has 2 nitrogen and oxygen atoms in total. The molecule has 1 heterocycles. The van der Waals surface area contributed by atoms with Crippen LogP contribution in [0.15, 0.2) is 24.0 Å². The number of aryl methyl sites for hydroxylation is 1. The van der Waals surface area contributed by atoms with Gasteiger partial charge in [0.2, 0.25) is 0 Å². The van der Waals surface area contributed by atoms with E-state index in [0.29, 0.717) is 24.3 Å². The number of rotatable bonds is 5. The molecule has 0 saturated heterocycles. The Morgan fingerprint density at radius 3 is 2.81 bits per heavy atom. The fourth-order valence-electron chi connectivity index (χ4n) is 3.07. The monoisotopic (exact) mass is 289 g/mol. The van der Waals surface area contributed by atoms with Crippen molar-refractivity contribution >= 4 is 17.5 Å². The smallest absolute Gasteiger partial charge is 0.178 e. The standard InChI is InChI=1S/C18H24FNO/c1-4-6-16(17(19)12-21)14-8-9-18-15(11-14)7-5-10-20(18)13(2)3/h8-9,11-13H,4-7,10H2,1-3H3/b17-16+. The molecule has 0 amide bonds. The van der Waals surface area contributed by atoms with E-state index in [0.717, 1.165) is 31.4 Å². The topological polar surface area (TPSA) is 20.3 Å². The number of benzene rings is 1. The first kappa shape index (κ1) is 15.7. The zero-order chi connectivity index (χ0) is 15.4. The molecular formula is C18H24FNO. The second kappa shape index (κ2) is 6.88. The van der Waals surface area contributed by atoms with Gasteiger partial charge in [-0.3, -0.25) is 4.79 Å². The highest BCUT2D eigenvalue weighted by molar-refractivity contribution is 5.86. The molecule has 1 aromatic carbocycles. The number of fused-ring (bicyclic) bond motifs is 1. The number of aldehydes is 1. The van der Waals surface area contributed by atoms with Crippen molar-refractivity contribution in [3.63, 3.8) is 0 Å². The van der Waals surface area contributed by atoms with Gasteiger partial charge in [0.05, 0.1) is 0 Å². The Hall–Kier alpha value is -1.64. The van der Waals surface area contributed by atoms with Crippen molar-refractivity contribution in [2.75, 3.05) is 11.4 Å². The van der Waals surface area contributed by atoms with E-state index in [1.54, 1.807) is 0 Å². The fourth-order valence-corrected chi connectivity index (χ4v) is 3.07. The maximum atomic E-state index is 13.8. The highest BCUT2D eigenvalue weighted by atomic mass is 19.1.